The summed E-state index contributed by atoms with van der Waals surface area (Å²) in [5, 5.41) is 4.77. The van der Waals surface area contributed by atoms with E-state index in [0.717, 1.165) is 30.8 Å². The highest BCUT2D eigenvalue weighted by molar-refractivity contribution is 7.99. The van der Waals surface area contributed by atoms with E-state index in [1.807, 2.05) is 30.9 Å². The number of nitrogens with one attached hydrogen (secondary N) is 1. The molecular formula is C16H21Cl2NOS. The molecule has 1 aromatic rings. The Labute approximate surface area is 140 Å². The summed E-state index contributed by atoms with van der Waals surface area (Å²) in [4.78, 5) is 0. The zero-order chi connectivity index (χ0) is 14.9. The fraction of sp³-hybridized carbons (Fsp3) is 0.625. The third-order valence-corrected chi connectivity index (χ3v) is 6.75. The second kappa shape index (κ2) is 6.67. The van der Waals surface area contributed by atoms with Gasteiger partial charge in [-0.15, -0.1) is 0 Å². The molecule has 1 spiro atoms. The molecule has 0 radical (unpaired) electrons. The van der Waals surface area contributed by atoms with E-state index in [2.05, 4.69) is 11.4 Å². The van der Waals surface area contributed by atoms with E-state index >= 15 is 0 Å². The fourth-order valence-electron chi connectivity index (χ4n) is 3.62. The Morgan fingerprint density at radius 1 is 1.43 bits per heavy atom. The predicted molar refractivity (Wildman–Crippen MR) is 91.6 cm³/mol. The second-order valence-corrected chi connectivity index (χ2v) is 7.89. The van der Waals surface area contributed by atoms with E-state index in [1.165, 1.54) is 12.2 Å². The standard InChI is InChI=1S/C16H21Cl2NOS/c1-19-15(12-3-2-4-13(17)14(12)18)11-5-7-20-16(9-11)6-8-21-10-16/h2-4,11,15,19H,5-10H2,1H3. The Bertz CT molecular complexity index is 505. The van der Waals surface area contributed by atoms with E-state index in [9.17, 15) is 0 Å². The van der Waals surface area contributed by atoms with Crippen LogP contribution in [0.25, 0.3) is 0 Å². The van der Waals surface area contributed by atoms with Crippen LogP contribution in [-0.4, -0.2) is 30.8 Å². The maximum absolute atomic E-state index is 6.43. The predicted octanol–water partition coefficient (Wildman–Crippen LogP) is 4.56. The molecule has 2 saturated heterocycles. The number of rotatable bonds is 3. The van der Waals surface area contributed by atoms with Gasteiger partial charge < -0.3 is 10.1 Å². The van der Waals surface area contributed by atoms with Crippen LogP contribution < -0.4 is 5.32 Å². The summed E-state index contributed by atoms with van der Waals surface area (Å²) >= 11 is 14.6. The van der Waals surface area contributed by atoms with E-state index in [-0.39, 0.29) is 11.6 Å². The first-order chi connectivity index (χ1) is 10.2. The van der Waals surface area contributed by atoms with E-state index < -0.39 is 0 Å². The van der Waals surface area contributed by atoms with Crippen LogP contribution in [0.5, 0.6) is 0 Å². The summed E-state index contributed by atoms with van der Waals surface area (Å²) in [6, 6.07) is 6.15. The third kappa shape index (κ3) is 3.23. The van der Waals surface area contributed by atoms with Crippen molar-refractivity contribution in [3.8, 4) is 0 Å². The average Bonchev–Trinajstić information content (AvgIpc) is 2.92. The third-order valence-electron chi connectivity index (χ3n) is 4.70. The van der Waals surface area contributed by atoms with Crippen LogP contribution in [0.3, 0.4) is 0 Å². The molecule has 2 nitrogen and oxygen atoms in total. The van der Waals surface area contributed by atoms with E-state index in [1.54, 1.807) is 0 Å². The summed E-state index contributed by atoms with van der Waals surface area (Å²) in [7, 11) is 2.01. The van der Waals surface area contributed by atoms with Gasteiger partial charge >= 0.3 is 0 Å². The SMILES string of the molecule is CNC(c1cccc(Cl)c1Cl)C1CCOC2(CCSC2)C1. The molecule has 1 N–H and O–H groups in total. The maximum Gasteiger partial charge on any atom is 0.0783 e. The summed E-state index contributed by atoms with van der Waals surface area (Å²) < 4.78 is 6.13. The molecule has 3 unspecified atom stereocenters. The van der Waals surface area contributed by atoms with Crippen LogP contribution in [0.2, 0.25) is 10.0 Å². The van der Waals surface area contributed by atoms with Crippen molar-refractivity contribution in [1.29, 1.82) is 0 Å². The number of thioether (sulfide) groups is 1. The number of benzene rings is 1. The molecule has 0 bridgehead atoms. The van der Waals surface area contributed by atoms with Gasteiger partial charge in [-0.2, -0.15) is 11.8 Å². The Hall–Kier alpha value is 0.0700. The number of hydrogen-bond donors (Lipinski definition) is 1. The van der Waals surface area contributed by atoms with Gasteiger partial charge in [0.05, 0.1) is 15.6 Å². The number of ether oxygens (including phenoxy) is 1. The van der Waals surface area contributed by atoms with Gasteiger partial charge in [0.25, 0.3) is 0 Å². The monoisotopic (exact) mass is 345 g/mol. The van der Waals surface area contributed by atoms with Crippen molar-refractivity contribution in [2.75, 3.05) is 25.2 Å². The first kappa shape index (κ1) is 15.9. The van der Waals surface area contributed by atoms with Gasteiger partial charge in [-0.25, -0.2) is 0 Å². The minimum atomic E-state index is 0.0910. The molecule has 2 aliphatic rings. The molecule has 3 atom stereocenters. The van der Waals surface area contributed by atoms with Crippen molar-refractivity contribution >= 4 is 35.0 Å². The van der Waals surface area contributed by atoms with Crippen LogP contribution in [0.1, 0.15) is 30.9 Å². The van der Waals surface area contributed by atoms with Crippen LogP contribution in [-0.2, 0) is 4.74 Å². The molecule has 2 fully saturated rings. The van der Waals surface area contributed by atoms with E-state index in [4.69, 9.17) is 27.9 Å². The number of hydrogen-bond acceptors (Lipinski definition) is 3. The zero-order valence-electron chi connectivity index (χ0n) is 12.2. The van der Waals surface area contributed by atoms with Crippen molar-refractivity contribution in [2.24, 2.45) is 5.92 Å². The van der Waals surface area contributed by atoms with Gasteiger partial charge in [0, 0.05) is 18.4 Å². The molecule has 5 heteroatoms. The summed E-state index contributed by atoms with van der Waals surface area (Å²) in [5.74, 6) is 2.89. The molecule has 21 heavy (non-hydrogen) atoms. The molecule has 2 heterocycles. The average molecular weight is 346 g/mol. The van der Waals surface area contributed by atoms with Crippen LogP contribution in [0.4, 0.5) is 0 Å². The Balaban J connectivity index is 1.84. The molecule has 1 aromatic carbocycles. The van der Waals surface area contributed by atoms with Crippen LogP contribution in [0.15, 0.2) is 18.2 Å². The van der Waals surface area contributed by atoms with Gasteiger partial charge in [-0.3, -0.25) is 0 Å². The van der Waals surface area contributed by atoms with Crippen molar-refractivity contribution in [3.05, 3.63) is 33.8 Å². The van der Waals surface area contributed by atoms with E-state index in [0.29, 0.717) is 16.0 Å². The fourth-order valence-corrected chi connectivity index (χ4v) is 5.42. The molecule has 0 aliphatic carbocycles. The smallest absolute Gasteiger partial charge is 0.0783 e. The first-order valence-electron chi connectivity index (χ1n) is 7.48. The molecule has 2 aliphatic heterocycles. The number of halogens is 2. The Morgan fingerprint density at radius 2 is 2.29 bits per heavy atom. The van der Waals surface area contributed by atoms with Gasteiger partial charge in [-0.1, -0.05) is 35.3 Å². The second-order valence-electron chi connectivity index (χ2n) is 6.00. The van der Waals surface area contributed by atoms with Crippen molar-refractivity contribution in [2.45, 2.75) is 30.9 Å². The van der Waals surface area contributed by atoms with Gasteiger partial charge in [0.15, 0.2) is 0 Å². The highest BCUT2D eigenvalue weighted by atomic mass is 35.5. The summed E-state index contributed by atoms with van der Waals surface area (Å²) in [6.07, 6.45) is 3.35. The van der Waals surface area contributed by atoms with Gasteiger partial charge in [0.2, 0.25) is 0 Å². The van der Waals surface area contributed by atoms with Crippen molar-refractivity contribution < 1.29 is 4.74 Å². The highest BCUT2D eigenvalue weighted by Gasteiger charge is 2.42. The summed E-state index contributed by atoms with van der Waals surface area (Å²) in [5.41, 5.74) is 1.20. The Kier molecular flexibility index (Phi) is 5.07. The van der Waals surface area contributed by atoms with Crippen LogP contribution >= 0.6 is 35.0 Å². The largest absolute Gasteiger partial charge is 0.374 e. The van der Waals surface area contributed by atoms with Gasteiger partial charge in [0.1, 0.15) is 0 Å². The molecule has 0 aromatic heterocycles. The van der Waals surface area contributed by atoms with Crippen molar-refractivity contribution in [1.82, 2.24) is 5.32 Å². The highest BCUT2D eigenvalue weighted by Crippen LogP contribution is 2.45. The molecule has 0 amide bonds. The minimum Gasteiger partial charge on any atom is -0.374 e. The molecule has 3 rings (SSSR count). The van der Waals surface area contributed by atoms with Gasteiger partial charge in [-0.05, 0) is 49.6 Å². The van der Waals surface area contributed by atoms with Crippen molar-refractivity contribution in [3.63, 3.8) is 0 Å². The molecular weight excluding hydrogens is 325 g/mol. The molecule has 0 saturated carbocycles. The first-order valence-corrected chi connectivity index (χ1v) is 9.39. The lowest BCUT2D eigenvalue weighted by atomic mass is 9.79. The Morgan fingerprint density at radius 3 is 3.00 bits per heavy atom. The maximum atomic E-state index is 6.43. The lowest BCUT2D eigenvalue weighted by molar-refractivity contribution is -0.0850. The zero-order valence-corrected chi connectivity index (χ0v) is 14.5. The lowest BCUT2D eigenvalue weighted by Gasteiger charge is -2.41. The topological polar surface area (TPSA) is 21.3 Å². The normalized spacial score (nSPS) is 30.7. The lowest BCUT2D eigenvalue weighted by Crippen LogP contribution is -2.43. The molecule has 116 valence electrons. The summed E-state index contributed by atoms with van der Waals surface area (Å²) in [6.45, 7) is 0.849. The quantitative estimate of drug-likeness (QED) is 0.867. The minimum absolute atomic E-state index is 0.0910. The van der Waals surface area contributed by atoms with Crippen LogP contribution in [0, 0.1) is 5.92 Å².